The zero-order valence-electron chi connectivity index (χ0n) is 9.88. The van der Waals surface area contributed by atoms with Gasteiger partial charge in [0.2, 0.25) is 0 Å². The van der Waals surface area contributed by atoms with E-state index in [1.165, 1.54) is 4.90 Å². The molecule has 0 unspecified atom stereocenters. The average molecular weight is 246 g/mol. The average Bonchev–Trinajstić information content (AvgIpc) is 2.76. The first kappa shape index (κ1) is 11.9. The molecule has 0 N–H and O–H groups in total. The summed E-state index contributed by atoms with van der Waals surface area (Å²) >= 11 is 1.77. The fourth-order valence-corrected chi connectivity index (χ4v) is 2.24. The van der Waals surface area contributed by atoms with E-state index >= 15 is 0 Å². The SMILES string of the molecule is CCSc1ccc(C(=O)c2cnn(C)c2)cc1. The quantitative estimate of drug-likeness (QED) is 0.614. The molecule has 0 spiro atoms. The standard InChI is InChI=1S/C13H14N2OS/c1-3-17-12-6-4-10(5-7-12)13(16)11-8-14-15(2)9-11/h4-9H,3H2,1-2H3. The Morgan fingerprint density at radius 2 is 2.00 bits per heavy atom. The van der Waals surface area contributed by atoms with Crippen LogP contribution in [0.1, 0.15) is 22.8 Å². The highest BCUT2D eigenvalue weighted by molar-refractivity contribution is 7.99. The Labute approximate surface area is 105 Å². The number of carbonyl (C=O) groups is 1. The van der Waals surface area contributed by atoms with E-state index < -0.39 is 0 Å². The molecule has 0 atom stereocenters. The summed E-state index contributed by atoms with van der Waals surface area (Å²) < 4.78 is 1.63. The third-order valence-corrected chi connectivity index (χ3v) is 3.29. The van der Waals surface area contributed by atoms with Gasteiger partial charge in [0, 0.05) is 23.7 Å². The summed E-state index contributed by atoms with van der Waals surface area (Å²) in [5.41, 5.74) is 1.34. The molecular weight excluding hydrogens is 232 g/mol. The minimum atomic E-state index is 0.0196. The number of thioether (sulfide) groups is 1. The summed E-state index contributed by atoms with van der Waals surface area (Å²) in [7, 11) is 1.80. The Kier molecular flexibility index (Phi) is 3.64. The summed E-state index contributed by atoms with van der Waals surface area (Å²) in [4.78, 5) is 13.3. The number of nitrogens with zero attached hydrogens (tertiary/aromatic N) is 2. The molecule has 0 aliphatic carbocycles. The molecule has 0 amide bonds. The van der Waals surface area contributed by atoms with Gasteiger partial charge in [-0.25, -0.2) is 0 Å². The van der Waals surface area contributed by atoms with E-state index in [4.69, 9.17) is 0 Å². The third-order valence-electron chi connectivity index (χ3n) is 2.39. The van der Waals surface area contributed by atoms with Crippen molar-refractivity contribution in [2.75, 3.05) is 5.75 Å². The van der Waals surface area contributed by atoms with E-state index in [1.807, 2.05) is 24.3 Å². The van der Waals surface area contributed by atoms with E-state index in [1.54, 1.807) is 35.9 Å². The summed E-state index contributed by atoms with van der Waals surface area (Å²) in [6, 6.07) is 7.70. The topological polar surface area (TPSA) is 34.9 Å². The van der Waals surface area contributed by atoms with Gasteiger partial charge in [-0.3, -0.25) is 9.48 Å². The Bertz CT molecular complexity index is 516. The van der Waals surface area contributed by atoms with Crippen LogP contribution in [0.25, 0.3) is 0 Å². The molecule has 0 saturated carbocycles. The largest absolute Gasteiger partial charge is 0.288 e. The van der Waals surface area contributed by atoms with Crippen LogP contribution in [-0.2, 0) is 7.05 Å². The molecule has 1 aromatic carbocycles. The molecule has 4 heteroatoms. The normalized spacial score (nSPS) is 10.5. The second kappa shape index (κ2) is 5.19. The number of rotatable bonds is 4. The molecule has 2 aromatic rings. The lowest BCUT2D eigenvalue weighted by Gasteiger charge is -2.00. The molecule has 88 valence electrons. The van der Waals surface area contributed by atoms with Crippen LogP contribution in [0, 0.1) is 0 Å². The van der Waals surface area contributed by atoms with E-state index in [0.717, 1.165) is 5.75 Å². The molecule has 0 fully saturated rings. The van der Waals surface area contributed by atoms with Crippen molar-refractivity contribution in [2.45, 2.75) is 11.8 Å². The second-order valence-corrected chi connectivity index (χ2v) is 5.03. The molecule has 0 aliphatic heterocycles. The lowest BCUT2D eigenvalue weighted by molar-refractivity contribution is 0.103. The first-order valence-corrected chi connectivity index (χ1v) is 6.45. The first-order valence-electron chi connectivity index (χ1n) is 5.47. The molecule has 1 heterocycles. The number of hydrogen-bond donors (Lipinski definition) is 0. The molecule has 1 aromatic heterocycles. The van der Waals surface area contributed by atoms with Crippen LogP contribution in [0.4, 0.5) is 0 Å². The van der Waals surface area contributed by atoms with Gasteiger partial charge in [-0.05, 0) is 30.0 Å². The first-order chi connectivity index (χ1) is 8.20. The zero-order valence-corrected chi connectivity index (χ0v) is 10.7. The van der Waals surface area contributed by atoms with Crippen LogP contribution < -0.4 is 0 Å². The van der Waals surface area contributed by atoms with Crippen molar-refractivity contribution in [3.05, 3.63) is 47.8 Å². The molecule has 0 bridgehead atoms. The van der Waals surface area contributed by atoms with Crippen LogP contribution >= 0.6 is 11.8 Å². The molecule has 0 aliphatic rings. The van der Waals surface area contributed by atoms with Crippen molar-refractivity contribution in [3.8, 4) is 0 Å². The lowest BCUT2D eigenvalue weighted by atomic mass is 10.1. The third kappa shape index (κ3) is 2.77. The number of carbonyl (C=O) groups excluding carboxylic acids is 1. The Morgan fingerprint density at radius 1 is 1.29 bits per heavy atom. The zero-order chi connectivity index (χ0) is 12.3. The van der Waals surface area contributed by atoms with E-state index in [9.17, 15) is 4.79 Å². The van der Waals surface area contributed by atoms with Gasteiger partial charge < -0.3 is 0 Å². The minimum absolute atomic E-state index is 0.0196. The maximum absolute atomic E-state index is 12.1. The van der Waals surface area contributed by atoms with Crippen LogP contribution in [0.2, 0.25) is 0 Å². The number of benzene rings is 1. The van der Waals surface area contributed by atoms with E-state index in [0.29, 0.717) is 11.1 Å². The fraction of sp³-hybridized carbons (Fsp3) is 0.231. The highest BCUT2D eigenvalue weighted by Crippen LogP contribution is 2.19. The molecule has 3 nitrogen and oxygen atoms in total. The summed E-state index contributed by atoms with van der Waals surface area (Å²) in [6.07, 6.45) is 3.33. The predicted octanol–water partition coefficient (Wildman–Crippen LogP) is 2.76. The number of aromatic nitrogens is 2. The van der Waals surface area contributed by atoms with Gasteiger partial charge in [-0.15, -0.1) is 11.8 Å². The minimum Gasteiger partial charge on any atom is -0.288 e. The van der Waals surface area contributed by atoms with Crippen molar-refractivity contribution >= 4 is 17.5 Å². The summed E-state index contributed by atoms with van der Waals surface area (Å²) in [5, 5.41) is 4.00. The van der Waals surface area contributed by atoms with Crippen molar-refractivity contribution in [3.63, 3.8) is 0 Å². The van der Waals surface area contributed by atoms with E-state index in [-0.39, 0.29) is 5.78 Å². The van der Waals surface area contributed by atoms with Gasteiger partial charge in [-0.2, -0.15) is 5.10 Å². The number of hydrogen-bond acceptors (Lipinski definition) is 3. The summed E-state index contributed by atoms with van der Waals surface area (Å²) in [6.45, 7) is 2.11. The molecule has 17 heavy (non-hydrogen) atoms. The molecule has 2 rings (SSSR count). The molecule has 0 radical (unpaired) electrons. The Balaban J connectivity index is 2.20. The second-order valence-electron chi connectivity index (χ2n) is 3.69. The van der Waals surface area contributed by atoms with Gasteiger partial charge >= 0.3 is 0 Å². The fourth-order valence-electron chi connectivity index (χ4n) is 1.57. The van der Waals surface area contributed by atoms with Gasteiger partial charge in [0.05, 0.1) is 11.8 Å². The highest BCUT2D eigenvalue weighted by Gasteiger charge is 2.10. The predicted molar refractivity (Wildman–Crippen MR) is 69.5 cm³/mol. The molecule has 0 saturated heterocycles. The Morgan fingerprint density at radius 3 is 2.53 bits per heavy atom. The van der Waals surface area contributed by atoms with Crippen molar-refractivity contribution < 1.29 is 4.79 Å². The van der Waals surface area contributed by atoms with Crippen molar-refractivity contribution in [2.24, 2.45) is 7.05 Å². The van der Waals surface area contributed by atoms with E-state index in [2.05, 4.69) is 12.0 Å². The van der Waals surface area contributed by atoms with Crippen molar-refractivity contribution in [1.29, 1.82) is 0 Å². The smallest absolute Gasteiger partial charge is 0.196 e. The van der Waals surface area contributed by atoms with Gasteiger partial charge in [0.25, 0.3) is 0 Å². The number of ketones is 1. The maximum atomic E-state index is 12.1. The van der Waals surface area contributed by atoms with Gasteiger partial charge in [-0.1, -0.05) is 6.92 Å². The summed E-state index contributed by atoms with van der Waals surface area (Å²) in [5.74, 6) is 1.06. The highest BCUT2D eigenvalue weighted by atomic mass is 32.2. The Hall–Kier alpha value is -1.55. The van der Waals surface area contributed by atoms with Gasteiger partial charge in [0.15, 0.2) is 5.78 Å². The van der Waals surface area contributed by atoms with Crippen LogP contribution in [0.5, 0.6) is 0 Å². The molecular formula is C13H14N2OS. The monoisotopic (exact) mass is 246 g/mol. The number of aryl methyl sites for hydroxylation is 1. The van der Waals surface area contributed by atoms with Crippen LogP contribution in [0.3, 0.4) is 0 Å². The maximum Gasteiger partial charge on any atom is 0.196 e. The van der Waals surface area contributed by atoms with Crippen molar-refractivity contribution in [1.82, 2.24) is 9.78 Å². The van der Waals surface area contributed by atoms with Crippen LogP contribution in [0.15, 0.2) is 41.6 Å². The van der Waals surface area contributed by atoms with Gasteiger partial charge in [0.1, 0.15) is 0 Å². The van der Waals surface area contributed by atoms with Crippen LogP contribution in [-0.4, -0.2) is 21.3 Å². The lowest BCUT2D eigenvalue weighted by Crippen LogP contribution is -1.99.